The lowest BCUT2D eigenvalue weighted by Gasteiger charge is -2.31. The lowest BCUT2D eigenvalue weighted by atomic mass is 9.93. The van der Waals surface area contributed by atoms with Crippen LogP contribution in [0.2, 0.25) is 5.02 Å². The largest absolute Gasteiger partial charge is 0.478 e. The number of hydrogen-bond donors (Lipinski definition) is 1. The smallest absolute Gasteiger partial charge is 0.335 e. The normalized spacial score (nSPS) is 14.4. The first-order valence-electron chi connectivity index (χ1n) is 14.2. The zero-order chi connectivity index (χ0) is 29.9. The van der Waals surface area contributed by atoms with Crippen molar-refractivity contribution in [3.05, 3.63) is 100.0 Å². The van der Waals surface area contributed by atoms with E-state index in [1.54, 1.807) is 41.1 Å². The quantitative estimate of drug-likeness (QED) is 0.230. The number of ether oxygens (including phenoxy) is 1. The first-order chi connectivity index (χ1) is 20.8. The van der Waals surface area contributed by atoms with Crippen LogP contribution in [-0.2, 0) is 33.2 Å². The molecule has 0 bridgehead atoms. The molecule has 4 heterocycles. The Bertz CT molecular complexity index is 1760. The average molecular weight is 604 g/mol. The molecule has 0 unspecified atom stereocenters. The Kier molecular flexibility index (Phi) is 8.35. The lowest BCUT2D eigenvalue weighted by Crippen LogP contribution is -2.33. The number of imidazole rings is 1. The average Bonchev–Trinajstić information content (AvgIpc) is 3.57. The van der Waals surface area contributed by atoms with Crippen molar-refractivity contribution in [3.8, 4) is 5.88 Å². The van der Waals surface area contributed by atoms with Crippen LogP contribution in [0.15, 0.2) is 60.8 Å². The number of carboxylic acids is 1. The number of aromatic nitrogens is 6. The van der Waals surface area contributed by atoms with Crippen molar-refractivity contribution < 1.29 is 19.0 Å². The van der Waals surface area contributed by atoms with Gasteiger partial charge in [0.25, 0.3) is 0 Å². The Morgan fingerprint density at radius 1 is 1.12 bits per heavy atom. The maximum Gasteiger partial charge on any atom is 0.335 e. The minimum absolute atomic E-state index is 0.0731. The zero-order valence-electron chi connectivity index (χ0n) is 23.7. The summed E-state index contributed by atoms with van der Waals surface area (Å²) in [4.78, 5) is 23.7. The van der Waals surface area contributed by atoms with E-state index in [0.29, 0.717) is 36.0 Å². The van der Waals surface area contributed by atoms with E-state index in [4.69, 9.17) is 26.3 Å². The van der Waals surface area contributed by atoms with Crippen LogP contribution in [0.3, 0.4) is 0 Å². The van der Waals surface area contributed by atoms with Gasteiger partial charge in [0.15, 0.2) is 0 Å². The Morgan fingerprint density at radius 3 is 2.70 bits per heavy atom. The number of piperidine rings is 1. The molecule has 6 rings (SSSR count). The molecule has 2 aromatic carbocycles. The van der Waals surface area contributed by atoms with E-state index in [9.17, 15) is 14.3 Å². The summed E-state index contributed by atoms with van der Waals surface area (Å²) in [5.41, 5.74) is 4.06. The van der Waals surface area contributed by atoms with Crippen molar-refractivity contribution in [2.45, 2.75) is 44.9 Å². The van der Waals surface area contributed by atoms with Crippen molar-refractivity contribution in [2.24, 2.45) is 7.05 Å². The number of carbonyl (C=O) groups is 1. The second-order valence-corrected chi connectivity index (χ2v) is 11.2. The van der Waals surface area contributed by atoms with E-state index in [-0.39, 0.29) is 18.1 Å². The number of likely N-dealkylation sites (tertiary alicyclic amines) is 1. The van der Waals surface area contributed by atoms with Gasteiger partial charge in [-0.2, -0.15) is 0 Å². The number of fused-ring (bicyclic) bond motifs is 1. The highest BCUT2D eigenvalue weighted by molar-refractivity contribution is 6.30. The van der Waals surface area contributed by atoms with Crippen molar-refractivity contribution in [1.29, 1.82) is 0 Å². The van der Waals surface area contributed by atoms with Crippen molar-refractivity contribution in [3.63, 3.8) is 0 Å². The van der Waals surface area contributed by atoms with Gasteiger partial charge in [-0.15, -0.1) is 5.10 Å². The fraction of sp³-hybridized carbons (Fsp3) is 0.323. The second-order valence-electron chi connectivity index (χ2n) is 10.8. The summed E-state index contributed by atoms with van der Waals surface area (Å²) < 4.78 is 23.7. The predicted octanol–water partition coefficient (Wildman–Crippen LogP) is 5.25. The van der Waals surface area contributed by atoms with Gasteiger partial charge in [0.1, 0.15) is 18.2 Å². The van der Waals surface area contributed by atoms with Gasteiger partial charge in [0, 0.05) is 54.5 Å². The maximum absolute atomic E-state index is 14.1. The van der Waals surface area contributed by atoms with E-state index in [1.807, 2.05) is 25.4 Å². The van der Waals surface area contributed by atoms with Crippen LogP contribution in [0, 0.1) is 5.82 Å². The number of aromatic carboxylic acids is 1. The third kappa shape index (κ3) is 6.68. The molecule has 0 aliphatic carbocycles. The number of rotatable bonds is 10. The first kappa shape index (κ1) is 28.8. The van der Waals surface area contributed by atoms with Crippen molar-refractivity contribution >= 4 is 28.6 Å². The van der Waals surface area contributed by atoms with Gasteiger partial charge in [-0.05, 0) is 62.3 Å². The van der Waals surface area contributed by atoms with Crippen LogP contribution in [0.1, 0.15) is 51.9 Å². The van der Waals surface area contributed by atoms with Crippen LogP contribution in [0.4, 0.5) is 4.39 Å². The molecule has 1 aliphatic rings. The molecule has 0 spiro atoms. The van der Waals surface area contributed by atoms with Crippen LogP contribution in [0.5, 0.6) is 5.88 Å². The highest BCUT2D eigenvalue weighted by atomic mass is 35.5. The van der Waals surface area contributed by atoms with Crippen LogP contribution < -0.4 is 4.74 Å². The number of carboxylic acid groups (broad SMARTS) is 1. The van der Waals surface area contributed by atoms with Gasteiger partial charge in [-0.25, -0.2) is 19.2 Å². The molecule has 3 aromatic heterocycles. The SMILES string of the molecule is Cn1cc(CCn2c(CN3CCC(c4cccc(OCc5ccc(Cl)cc5F)n4)CC3)nc3ccc(C(=O)O)cc32)nn1. The predicted molar refractivity (Wildman–Crippen MR) is 159 cm³/mol. The molecule has 0 amide bonds. The van der Waals surface area contributed by atoms with E-state index in [2.05, 4.69) is 19.8 Å². The Hall–Kier alpha value is -4.35. The van der Waals surface area contributed by atoms with Gasteiger partial charge in [0.2, 0.25) is 5.88 Å². The molecule has 43 heavy (non-hydrogen) atoms. The minimum Gasteiger partial charge on any atom is -0.478 e. The molecule has 222 valence electrons. The maximum atomic E-state index is 14.1. The number of nitrogens with zero attached hydrogens (tertiary/aromatic N) is 7. The third-order valence-electron chi connectivity index (χ3n) is 7.82. The molecule has 1 N–H and O–H groups in total. The summed E-state index contributed by atoms with van der Waals surface area (Å²) in [6.45, 7) is 3.06. The molecule has 0 atom stereocenters. The molecule has 5 aromatic rings. The van der Waals surface area contributed by atoms with Crippen LogP contribution in [-0.4, -0.2) is 58.6 Å². The highest BCUT2D eigenvalue weighted by Gasteiger charge is 2.24. The lowest BCUT2D eigenvalue weighted by molar-refractivity contribution is 0.0697. The standard InChI is InChI=1S/C31H31ClFN7O3/c1-38-17-24(36-37-38)11-14-40-28-15-21(31(41)42)6-8-27(28)34-29(40)18-39-12-9-20(10-13-39)26-3-2-4-30(35-26)43-19-22-5-7-23(32)16-25(22)33/h2-8,15-17,20H,9-14,18-19H2,1H3,(H,41,42). The number of hydrogen-bond acceptors (Lipinski definition) is 7. The molecule has 12 heteroatoms. The monoisotopic (exact) mass is 603 g/mol. The van der Waals surface area contributed by atoms with E-state index in [1.165, 1.54) is 6.07 Å². The number of benzene rings is 2. The zero-order valence-corrected chi connectivity index (χ0v) is 24.4. The minimum atomic E-state index is -0.965. The molecule has 0 saturated carbocycles. The molecule has 10 nitrogen and oxygen atoms in total. The summed E-state index contributed by atoms with van der Waals surface area (Å²) in [5.74, 6) is 0.267. The molecule has 1 saturated heterocycles. The van der Waals surface area contributed by atoms with E-state index < -0.39 is 11.8 Å². The molecular formula is C31H31ClFN7O3. The van der Waals surface area contributed by atoms with Gasteiger partial charge in [-0.1, -0.05) is 28.9 Å². The summed E-state index contributed by atoms with van der Waals surface area (Å²) in [6.07, 6.45) is 4.38. The van der Waals surface area contributed by atoms with E-state index >= 15 is 0 Å². The first-order valence-corrected chi connectivity index (χ1v) is 14.5. The molecule has 1 fully saturated rings. The van der Waals surface area contributed by atoms with E-state index in [0.717, 1.165) is 54.2 Å². The summed E-state index contributed by atoms with van der Waals surface area (Å²) in [5, 5.41) is 18.1. The number of aryl methyl sites for hydroxylation is 3. The number of pyridine rings is 1. The van der Waals surface area contributed by atoms with Gasteiger partial charge in [-0.3, -0.25) is 9.58 Å². The van der Waals surface area contributed by atoms with Gasteiger partial charge < -0.3 is 14.4 Å². The number of halogens is 2. The van der Waals surface area contributed by atoms with Crippen LogP contribution in [0.25, 0.3) is 11.0 Å². The summed E-state index contributed by atoms with van der Waals surface area (Å²) in [6, 6.07) is 15.3. The van der Waals surface area contributed by atoms with Crippen LogP contribution >= 0.6 is 11.6 Å². The fourth-order valence-electron chi connectivity index (χ4n) is 5.53. The van der Waals surface area contributed by atoms with Gasteiger partial charge in [0.05, 0.1) is 28.8 Å². The molecule has 0 radical (unpaired) electrons. The highest BCUT2D eigenvalue weighted by Crippen LogP contribution is 2.29. The van der Waals surface area contributed by atoms with Crippen molar-refractivity contribution in [1.82, 2.24) is 34.4 Å². The van der Waals surface area contributed by atoms with Crippen molar-refractivity contribution in [2.75, 3.05) is 13.1 Å². The topological polar surface area (TPSA) is 111 Å². The fourth-order valence-corrected chi connectivity index (χ4v) is 5.69. The second kappa shape index (κ2) is 12.5. The van der Waals surface area contributed by atoms with Gasteiger partial charge >= 0.3 is 5.97 Å². The summed E-state index contributed by atoms with van der Waals surface area (Å²) >= 11 is 5.85. The Labute approximate surface area is 252 Å². The Morgan fingerprint density at radius 2 is 1.95 bits per heavy atom. The molecule has 1 aliphatic heterocycles. The third-order valence-corrected chi connectivity index (χ3v) is 8.06. The Balaban J connectivity index is 1.12. The molecular weight excluding hydrogens is 573 g/mol. The summed E-state index contributed by atoms with van der Waals surface area (Å²) in [7, 11) is 1.83.